The lowest BCUT2D eigenvalue weighted by Gasteiger charge is -2.26. The number of anilines is 1. The summed E-state index contributed by atoms with van der Waals surface area (Å²) in [6.45, 7) is 6.39. The molecule has 1 atom stereocenters. The molecule has 1 aromatic rings. The SMILES string of the molecule is CCN(C(=O)c1ccc(NC(C)C)cn1)C1CCS(=O)(=O)C1. The summed E-state index contributed by atoms with van der Waals surface area (Å²) in [4.78, 5) is 18.4. The third kappa shape index (κ3) is 3.97. The number of nitrogens with zero attached hydrogens (tertiary/aromatic N) is 2. The molecule has 0 aliphatic carbocycles. The molecule has 7 heteroatoms. The molecule has 122 valence electrons. The van der Waals surface area contributed by atoms with Gasteiger partial charge < -0.3 is 10.2 Å². The molecule has 1 N–H and O–H groups in total. The lowest BCUT2D eigenvalue weighted by Crippen LogP contribution is -2.41. The van der Waals surface area contributed by atoms with Gasteiger partial charge in [0.05, 0.1) is 23.4 Å². The predicted molar refractivity (Wildman–Crippen MR) is 86.8 cm³/mol. The van der Waals surface area contributed by atoms with Crippen LogP contribution in [0.3, 0.4) is 0 Å². The van der Waals surface area contributed by atoms with Gasteiger partial charge in [-0.1, -0.05) is 0 Å². The third-order valence-corrected chi connectivity index (χ3v) is 5.44. The molecule has 0 bridgehead atoms. The van der Waals surface area contributed by atoms with Crippen LogP contribution < -0.4 is 5.32 Å². The molecule has 1 aromatic heterocycles. The number of hydrogen-bond donors (Lipinski definition) is 1. The van der Waals surface area contributed by atoms with Gasteiger partial charge in [-0.05, 0) is 39.3 Å². The van der Waals surface area contributed by atoms with Crippen LogP contribution in [0.25, 0.3) is 0 Å². The van der Waals surface area contributed by atoms with E-state index in [0.717, 1.165) is 5.69 Å². The molecule has 1 fully saturated rings. The highest BCUT2D eigenvalue weighted by molar-refractivity contribution is 7.91. The molecule has 2 rings (SSSR count). The van der Waals surface area contributed by atoms with Crippen molar-refractivity contribution in [3.05, 3.63) is 24.0 Å². The van der Waals surface area contributed by atoms with E-state index in [-0.39, 0.29) is 23.5 Å². The van der Waals surface area contributed by atoms with Crippen LogP contribution in [0.5, 0.6) is 0 Å². The molecule has 0 saturated carbocycles. The van der Waals surface area contributed by atoms with Crippen molar-refractivity contribution in [2.24, 2.45) is 0 Å². The molecule has 0 spiro atoms. The normalized spacial score (nSPS) is 20.1. The van der Waals surface area contributed by atoms with Crippen LogP contribution in [0.15, 0.2) is 18.3 Å². The number of rotatable bonds is 5. The summed E-state index contributed by atoms with van der Waals surface area (Å²) < 4.78 is 23.2. The van der Waals surface area contributed by atoms with Gasteiger partial charge >= 0.3 is 0 Å². The van der Waals surface area contributed by atoms with Gasteiger partial charge in [-0.2, -0.15) is 0 Å². The summed E-state index contributed by atoms with van der Waals surface area (Å²) in [7, 11) is -3.01. The van der Waals surface area contributed by atoms with Gasteiger partial charge in [-0.15, -0.1) is 0 Å². The van der Waals surface area contributed by atoms with Crippen LogP contribution in [0.4, 0.5) is 5.69 Å². The second-order valence-electron chi connectivity index (χ2n) is 5.88. The number of amides is 1. The van der Waals surface area contributed by atoms with Gasteiger partial charge in [0.1, 0.15) is 5.69 Å². The Morgan fingerprint density at radius 2 is 2.18 bits per heavy atom. The summed E-state index contributed by atoms with van der Waals surface area (Å²) in [6.07, 6.45) is 2.14. The smallest absolute Gasteiger partial charge is 0.272 e. The number of carbonyl (C=O) groups excluding carboxylic acids is 1. The van der Waals surface area contributed by atoms with Gasteiger partial charge in [0.25, 0.3) is 5.91 Å². The van der Waals surface area contributed by atoms with Crippen LogP contribution >= 0.6 is 0 Å². The van der Waals surface area contributed by atoms with E-state index in [1.54, 1.807) is 17.2 Å². The van der Waals surface area contributed by atoms with Crippen LogP contribution in [0, 0.1) is 0 Å². The average Bonchev–Trinajstić information content (AvgIpc) is 2.80. The van der Waals surface area contributed by atoms with Crippen LogP contribution in [0.1, 0.15) is 37.7 Å². The second kappa shape index (κ2) is 6.64. The Balaban J connectivity index is 2.11. The molecule has 1 unspecified atom stereocenters. The van der Waals surface area contributed by atoms with Crippen LogP contribution in [-0.4, -0.2) is 54.3 Å². The fraction of sp³-hybridized carbons (Fsp3) is 0.600. The first kappa shape index (κ1) is 16.7. The van der Waals surface area contributed by atoms with Crippen LogP contribution in [0.2, 0.25) is 0 Å². The van der Waals surface area contributed by atoms with Crippen molar-refractivity contribution in [3.63, 3.8) is 0 Å². The highest BCUT2D eigenvalue weighted by Crippen LogP contribution is 2.19. The van der Waals surface area contributed by atoms with Gasteiger partial charge in [0.15, 0.2) is 9.84 Å². The summed E-state index contributed by atoms with van der Waals surface area (Å²) in [5.74, 6) is 0.00629. The number of hydrogen-bond acceptors (Lipinski definition) is 5. The van der Waals surface area contributed by atoms with E-state index < -0.39 is 9.84 Å². The largest absolute Gasteiger partial charge is 0.382 e. The maximum absolute atomic E-state index is 12.6. The van der Waals surface area contributed by atoms with Crippen molar-refractivity contribution in [1.29, 1.82) is 0 Å². The molecule has 0 radical (unpaired) electrons. The third-order valence-electron chi connectivity index (χ3n) is 3.69. The second-order valence-corrected chi connectivity index (χ2v) is 8.11. The van der Waals surface area contributed by atoms with Gasteiger partial charge in [0, 0.05) is 18.6 Å². The number of aromatic nitrogens is 1. The lowest BCUT2D eigenvalue weighted by molar-refractivity contribution is 0.0702. The monoisotopic (exact) mass is 325 g/mol. The fourth-order valence-corrected chi connectivity index (χ4v) is 4.41. The summed E-state index contributed by atoms with van der Waals surface area (Å²) in [5, 5.41) is 3.21. The van der Waals surface area contributed by atoms with Gasteiger partial charge in [-0.25, -0.2) is 13.4 Å². The Bertz CT molecular complexity index is 626. The zero-order valence-corrected chi connectivity index (χ0v) is 14.1. The Labute approximate surface area is 131 Å². The highest BCUT2D eigenvalue weighted by atomic mass is 32.2. The first-order valence-electron chi connectivity index (χ1n) is 7.56. The summed E-state index contributed by atoms with van der Waals surface area (Å²) in [5.41, 5.74) is 1.21. The highest BCUT2D eigenvalue weighted by Gasteiger charge is 2.34. The maximum atomic E-state index is 12.6. The fourth-order valence-electron chi connectivity index (χ4n) is 2.68. The maximum Gasteiger partial charge on any atom is 0.272 e. The van der Waals surface area contributed by atoms with E-state index in [9.17, 15) is 13.2 Å². The zero-order chi connectivity index (χ0) is 16.3. The number of sulfone groups is 1. The van der Waals surface area contributed by atoms with Crippen molar-refractivity contribution in [1.82, 2.24) is 9.88 Å². The molecule has 1 aliphatic heterocycles. The Kier molecular flexibility index (Phi) is 5.05. The van der Waals surface area contributed by atoms with Gasteiger partial charge in [-0.3, -0.25) is 4.79 Å². The van der Waals surface area contributed by atoms with Crippen molar-refractivity contribution in [3.8, 4) is 0 Å². The Morgan fingerprint density at radius 1 is 1.45 bits per heavy atom. The molecule has 1 saturated heterocycles. The van der Waals surface area contributed by atoms with Crippen molar-refractivity contribution >= 4 is 21.4 Å². The standard InChI is InChI=1S/C15H23N3O3S/c1-4-18(13-7-8-22(20,21)10-13)15(19)14-6-5-12(9-16-14)17-11(2)3/h5-6,9,11,13,17H,4,7-8,10H2,1-3H3. The first-order valence-corrected chi connectivity index (χ1v) is 9.38. The molecule has 1 amide bonds. The van der Waals surface area contributed by atoms with E-state index in [4.69, 9.17) is 0 Å². The zero-order valence-electron chi connectivity index (χ0n) is 13.2. The average molecular weight is 325 g/mol. The molecule has 2 heterocycles. The molecule has 6 nitrogen and oxygen atoms in total. The van der Waals surface area contributed by atoms with E-state index in [2.05, 4.69) is 10.3 Å². The Hall–Kier alpha value is -1.63. The first-order chi connectivity index (χ1) is 10.3. The van der Waals surface area contributed by atoms with E-state index in [1.165, 1.54) is 0 Å². The van der Waals surface area contributed by atoms with E-state index in [0.29, 0.717) is 24.7 Å². The predicted octanol–water partition coefficient (Wildman–Crippen LogP) is 1.55. The molecular formula is C15H23N3O3S. The van der Waals surface area contributed by atoms with Crippen molar-refractivity contribution in [2.75, 3.05) is 23.4 Å². The minimum Gasteiger partial charge on any atom is -0.382 e. The molecule has 0 aromatic carbocycles. The molecular weight excluding hydrogens is 302 g/mol. The van der Waals surface area contributed by atoms with Crippen molar-refractivity contribution < 1.29 is 13.2 Å². The van der Waals surface area contributed by atoms with Gasteiger partial charge in [0.2, 0.25) is 0 Å². The minimum atomic E-state index is -3.01. The summed E-state index contributed by atoms with van der Waals surface area (Å²) >= 11 is 0. The Morgan fingerprint density at radius 3 is 2.64 bits per heavy atom. The lowest BCUT2D eigenvalue weighted by atomic mass is 10.2. The van der Waals surface area contributed by atoms with Crippen molar-refractivity contribution in [2.45, 2.75) is 39.3 Å². The van der Waals surface area contributed by atoms with E-state index >= 15 is 0 Å². The quantitative estimate of drug-likeness (QED) is 0.888. The minimum absolute atomic E-state index is 0.0551. The number of nitrogens with one attached hydrogen (secondary N) is 1. The molecule has 1 aliphatic rings. The number of carbonyl (C=O) groups is 1. The molecule has 22 heavy (non-hydrogen) atoms. The summed E-state index contributed by atoms with van der Waals surface area (Å²) in [6, 6.07) is 3.55. The topological polar surface area (TPSA) is 79.4 Å². The number of pyridine rings is 1. The van der Waals surface area contributed by atoms with E-state index in [1.807, 2.05) is 26.8 Å². The van der Waals surface area contributed by atoms with Crippen LogP contribution in [-0.2, 0) is 9.84 Å².